The average molecular weight is 396 g/mol. The number of amides is 1. The molecule has 0 aromatic heterocycles. The van der Waals surface area contributed by atoms with Crippen LogP contribution in [0.1, 0.15) is 31.2 Å². The number of esters is 1. The zero-order valence-electron chi connectivity index (χ0n) is 15.4. The number of sulfonamides is 1. The quantitative estimate of drug-likeness (QED) is 0.505. The van der Waals surface area contributed by atoms with E-state index >= 15 is 0 Å². The van der Waals surface area contributed by atoms with Crippen LogP contribution < -0.4 is 14.8 Å². The third-order valence-electron chi connectivity index (χ3n) is 4.22. The van der Waals surface area contributed by atoms with Gasteiger partial charge in [-0.25, -0.2) is 17.9 Å². The van der Waals surface area contributed by atoms with Crippen LogP contribution in [0.25, 0.3) is 6.08 Å². The fourth-order valence-corrected chi connectivity index (χ4v) is 3.73. The van der Waals surface area contributed by atoms with Gasteiger partial charge in [-0.05, 0) is 43.7 Å². The molecule has 1 aliphatic carbocycles. The van der Waals surface area contributed by atoms with Crippen LogP contribution in [0.3, 0.4) is 0 Å². The molecule has 1 aromatic rings. The molecular formula is C18H24N2O6S. The monoisotopic (exact) mass is 396 g/mol. The van der Waals surface area contributed by atoms with Gasteiger partial charge in [0.1, 0.15) is 10.6 Å². The highest BCUT2D eigenvalue weighted by atomic mass is 32.2. The molecule has 2 rings (SSSR count). The van der Waals surface area contributed by atoms with Gasteiger partial charge in [-0.2, -0.15) is 0 Å². The van der Waals surface area contributed by atoms with Crippen LogP contribution in [0.5, 0.6) is 5.75 Å². The predicted octanol–water partition coefficient (Wildman–Crippen LogP) is 1.22. The number of carbonyl (C=O) groups is 2. The van der Waals surface area contributed by atoms with Crippen LogP contribution >= 0.6 is 0 Å². The topological polar surface area (TPSA) is 111 Å². The summed E-state index contributed by atoms with van der Waals surface area (Å²) in [6.45, 7) is -0.346. The van der Waals surface area contributed by atoms with Crippen LogP contribution in [0.4, 0.5) is 0 Å². The Kier molecular flexibility index (Phi) is 7.37. The van der Waals surface area contributed by atoms with Gasteiger partial charge in [0.25, 0.3) is 5.91 Å². The Hall–Kier alpha value is -2.39. The summed E-state index contributed by atoms with van der Waals surface area (Å²) >= 11 is 0. The third kappa shape index (κ3) is 6.07. The fraction of sp³-hybridized carbons (Fsp3) is 0.444. The van der Waals surface area contributed by atoms with Crippen molar-refractivity contribution in [1.82, 2.24) is 10.0 Å². The maximum absolute atomic E-state index is 12.0. The Morgan fingerprint density at radius 2 is 1.96 bits per heavy atom. The SMILES string of the molecule is CNS(=O)(=O)c1cc(/C=C/C(=O)OCC(=O)NC2CCCC2)ccc1OC. The van der Waals surface area contributed by atoms with Gasteiger partial charge in [0.15, 0.2) is 6.61 Å². The summed E-state index contributed by atoms with van der Waals surface area (Å²) in [6.07, 6.45) is 6.65. The number of benzene rings is 1. The molecule has 0 unspecified atom stereocenters. The normalized spacial score (nSPS) is 15.0. The van der Waals surface area contributed by atoms with E-state index in [1.165, 1.54) is 32.4 Å². The van der Waals surface area contributed by atoms with E-state index in [1.54, 1.807) is 6.07 Å². The van der Waals surface area contributed by atoms with Crippen molar-refractivity contribution in [1.29, 1.82) is 0 Å². The molecule has 1 aromatic carbocycles. The first-order valence-corrected chi connectivity index (χ1v) is 10.1. The molecule has 2 N–H and O–H groups in total. The van der Waals surface area contributed by atoms with Gasteiger partial charge in [-0.15, -0.1) is 0 Å². The summed E-state index contributed by atoms with van der Waals surface area (Å²) in [7, 11) is -1.05. The smallest absolute Gasteiger partial charge is 0.331 e. The summed E-state index contributed by atoms with van der Waals surface area (Å²) in [5, 5.41) is 2.82. The van der Waals surface area contributed by atoms with Gasteiger partial charge in [-0.3, -0.25) is 4.79 Å². The minimum atomic E-state index is -3.71. The van der Waals surface area contributed by atoms with Crippen LogP contribution in [-0.2, 0) is 24.3 Å². The van der Waals surface area contributed by atoms with Crippen molar-refractivity contribution in [3.05, 3.63) is 29.8 Å². The van der Waals surface area contributed by atoms with Crippen LogP contribution in [0.2, 0.25) is 0 Å². The molecular weight excluding hydrogens is 372 g/mol. The van der Waals surface area contributed by atoms with Gasteiger partial charge in [-0.1, -0.05) is 18.9 Å². The van der Waals surface area contributed by atoms with Crippen molar-refractivity contribution >= 4 is 28.0 Å². The lowest BCUT2D eigenvalue weighted by Gasteiger charge is -2.11. The van der Waals surface area contributed by atoms with E-state index in [0.29, 0.717) is 5.56 Å². The van der Waals surface area contributed by atoms with Gasteiger partial charge < -0.3 is 14.8 Å². The van der Waals surface area contributed by atoms with Gasteiger partial charge >= 0.3 is 5.97 Å². The summed E-state index contributed by atoms with van der Waals surface area (Å²) < 4.78 is 36.3. The van der Waals surface area contributed by atoms with Crippen LogP contribution in [0.15, 0.2) is 29.2 Å². The van der Waals surface area contributed by atoms with E-state index in [1.807, 2.05) is 0 Å². The summed E-state index contributed by atoms with van der Waals surface area (Å²) in [5.74, 6) is -0.825. The van der Waals surface area contributed by atoms with Crippen molar-refractivity contribution in [2.24, 2.45) is 0 Å². The predicted molar refractivity (Wildman–Crippen MR) is 99.6 cm³/mol. The van der Waals surface area contributed by atoms with E-state index in [4.69, 9.17) is 9.47 Å². The van der Waals surface area contributed by atoms with Crippen molar-refractivity contribution in [3.63, 3.8) is 0 Å². The first-order valence-electron chi connectivity index (χ1n) is 8.61. The van der Waals surface area contributed by atoms with E-state index in [2.05, 4.69) is 10.0 Å². The van der Waals surface area contributed by atoms with Gasteiger partial charge in [0.05, 0.1) is 7.11 Å². The van der Waals surface area contributed by atoms with Gasteiger partial charge in [0, 0.05) is 12.1 Å². The zero-order chi connectivity index (χ0) is 19.9. The molecule has 8 nitrogen and oxygen atoms in total. The number of hydrogen-bond donors (Lipinski definition) is 2. The molecule has 9 heteroatoms. The number of nitrogens with one attached hydrogen (secondary N) is 2. The molecule has 1 aliphatic rings. The summed E-state index contributed by atoms with van der Waals surface area (Å²) in [5.41, 5.74) is 0.469. The number of methoxy groups -OCH3 is 1. The lowest BCUT2D eigenvalue weighted by Crippen LogP contribution is -2.35. The molecule has 0 bridgehead atoms. The third-order valence-corrected chi connectivity index (χ3v) is 5.66. The second-order valence-electron chi connectivity index (χ2n) is 6.11. The minimum absolute atomic E-state index is 0.0426. The number of hydrogen-bond acceptors (Lipinski definition) is 6. The lowest BCUT2D eigenvalue weighted by molar-refractivity contribution is -0.144. The van der Waals surface area contributed by atoms with E-state index in [-0.39, 0.29) is 29.2 Å². The fourth-order valence-electron chi connectivity index (χ4n) is 2.81. The van der Waals surface area contributed by atoms with E-state index in [0.717, 1.165) is 31.8 Å². The first-order chi connectivity index (χ1) is 12.9. The Morgan fingerprint density at radius 3 is 2.59 bits per heavy atom. The molecule has 0 saturated heterocycles. The van der Waals surface area contributed by atoms with Gasteiger partial charge in [0.2, 0.25) is 10.0 Å². The summed E-state index contributed by atoms with van der Waals surface area (Å²) in [4.78, 5) is 23.5. The Morgan fingerprint density at radius 1 is 1.26 bits per heavy atom. The molecule has 148 valence electrons. The lowest BCUT2D eigenvalue weighted by atomic mass is 10.2. The maximum atomic E-state index is 12.0. The van der Waals surface area contributed by atoms with E-state index < -0.39 is 16.0 Å². The number of carbonyl (C=O) groups excluding carboxylic acids is 2. The molecule has 0 spiro atoms. The Balaban J connectivity index is 1.95. The second kappa shape index (κ2) is 9.52. The molecule has 1 saturated carbocycles. The van der Waals surface area contributed by atoms with Crippen molar-refractivity contribution in [2.45, 2.75) is 36.6 Å². The Labute approximate surface area is 159 Å². The number of ether oxygens (including phenoxy) is 2. The van der Waals surface area contributed by atoms with Crippen molar-refractivity contribution in [2.75, 3.05) is 20.8 Å². The first kappa shape index (κ1) is 20.9. The molecule has 0 aliphatic heterocycles. The standard InChI is InChI=1S/C18H24N2O6S/c1-19-27(23,24)16-11-13(7-9-15(16)25-2)8-10-18(22)26-12-17(21)20-14-5-3-4-6-14/h7-11,14,19H,3-6,12H2,1-2H3,(H,20,21)/b10-8+. The zero-order valence-corrected chi connectivity index (χ0v) is 16.2. The van der Waals surface area contributed by atoms with Crippen molar-refractivity contribution < 1.29 is 27.5 Å². The van der Waals surface area contributed by atoms with Crippen LogP contribution in [0, 0.1) is 0 Å². The van der Waals surface area contributed by atoms with Crippen molar-refractivity contribution in [3.8, 4) is 5.75 Å². The largest absolute Gasteiger partial charge is 0.495 e. The number of rotatable bonds is 8. The highest BCUT2D eigenvalue weighted by Gasteiger charge is 2.18. The molecule has 1 fully saturated rings. The molecule has 0 atom stereocenters. The highest BCUT2D eigenvalue weighted by Crippen LogP contribution is 2.25. The Bertz CT molecular complexity index is 813. The molecule has 1 amide bonds. The summed E-state index contributed by atoms with van der Waals surface area (Å²) in [6, 6.07) is 4.63. The molecule has 27 heavy (non-hydrogen) atoms. The molecule has 0 heterocycles. The maximum Gasteiger partial charge on any atom is 0.331 e. The van der Waals surface area contributed by atoms with E-state index in [9.17, 15) is 18.0 Å². The second-order valence-corrected chi connectivity index (χ2v) is 7.96. The highest BCUT2D eigenvalue weighted by molar-refractivity contribution is 7.89. The minimum Gasteiger partial charge on any atom is -0.495 e. The molecule has 0 radical (unpaired) electrons. The van der Waals surface area contributed by atoms with Crippen LogP contribution in [-0.4, -0.2) is 47.1 Å². The average Bonchev–Trinajstić information content (AvgIpc) is 3.17.